The lowest BCUT2D eigenvalue weighted by molar-refractivity contribution is -0.225. The molecule has 2 unspecified atom stereocenters. The fourth-order valence-electron chi connectivity index (χ4n) is 3.19. The molecular weight excluding hydrogens is 347 g/mol. The summed E-state index contributed by atoms with van der Waals surface area (Å²) in [5, 5.41) is 0. The molecule has 2 rings (SSSR count). The van der Waals surface area contributed by atoms with Crippen molar-refractivity contribution in [3.8, 4) is 5.75 Å². The molecule has 0 radical (unpaired) electrons. The third-order valence-electron chi connectivity index (χ3n) is 4.88. The minimum absolute atomic E-state index is 0.0533. The van der Waals surface area contributed by atoms with Gasteiger partial charge >= 0.3 is 12.1 Å². The van der Waals surface area contributed by atoms with Gasteiger partial charge in [-0.2, -0.15) is 17.6 Å². The quantitative estimate of drug-likeness (QED) is 0.585. The van der Waals surface area contributed by atoms with Crippen LogP contribution in [0.3, 0.4) is 0 Å². The Morgan fingerprint density at radius 3 is 2.32 bits per heavy atom. The molecule has 1 aliphatic carbocycles. The molecule has 0 heterocycles. The number of benzene rings is 1. The predicted molar refractivity (Wildman–Crippen MR) is 79.8 cm³/mol. The number of hydrogen-bond acceptors (Lipinski definition) is 3. The SMILES string of the molecule is COC(=O)C1=C(c2ccc(F)c(F)c2OC)C(C)C(C)(C(F)(F)F)C1. The van der Waals surface area contributed by atoms with Gasteiger partial charge in [0.1, 0.15) is 0 Å². The zero-order valence-electron chi connectivity index (χ0n) is 14.1. The van der Waals surface area contributed by atoms with E-state index in [1.54, 1.807) is 0 Å². The highest BCUT2D eigenvalue weighted by molar-refractivity contribution is 6.00. The van der Waals surface area contributed by atoms with Gasteiger partial charge in [-0.15, -0.1) is 0 Å². The number of ether oxygens (including phenoxy) is 2. The van der Waals surface area contributed by atoms with Crippen molar-refractivity contribution in [1.29, 1.82) is 0 Å². The number of rotatable bonds is 3. The Kier molecular flexibility index (Phi) is 4.85. The molecule has 0 spiro atoms. The molecule has 8 heteroatoms. The molecular formula is C17H17F5O3. The van der Waals surface area contributed by atoms with Gasteiger partial charge in [0.2, 0.25) is 5.82 Å². The first-order valence-electron chi connectivity index (χ1n) is 7.40. The van der Waals surface area contributed by atoms with Gasteiger partial charge in [-0.05, 0) is 30.0 Å². The molecule has 1 aromatic rings. The highest BCUT2D eigenvalue weighted by Gasteiger charge is 2.60. The lowest BCUT2D eigenvalue weighted by Crippen LogP contribution is -2.38. The summed E-state index contributed by atoms with van der Waals surface area (Å²) < 4.78 is 77.7. The molecule has 0 aromatic heterocycles. The van der Waals surface area contributed by atoms with E-state index in [0.717, 1.165) is 33.3 Å². The van der Waals surface area contributed by atoms with Crippen LogP contribution in [-0.2, 0) is 9.53 Å². The minimum Gasteiger partial charge on any atom is -0.493 e. The van der Waals surface area contributed by atoms with Crippen LogP contribution in [0.4, 0.5) is 22.0 Å². The van der Waals surface area contributed by atoms with Crippen LogP contribution in [0.25, 0.3) is 5.57 Å². The van der Waals surface area contributed by atoms with Crippen molar-refractivity contribution in [2.45, 2.75) is 26.4 Å². The number of carbonyl (C=O) groups excluding carboxylic acids is 1. The molecule has 0 aliphatic heterocycles. The molecule has 1 aromatic carbocycles. The van der Waals surface area contributed by atoms with Gasteiger partial charge in [-0.25, -0.2) is 9.18 Å². The molecule has 2 atom stereocenters. The average molecular weight is 364 g/mol. The first-order chi connectivity index (χ1) is 11.5. The highest BCUT2D eigenvalue weighted by Crippen LogP contribution is 2.59. The predicted octanol–water partition coefficient (Wildman–Crippen LogP) is 4.51. The van der Waals surface area contributed by atoms with Gasteiger partial charge in [-0.1, -0.05) is 13.8 Å². The fourth-order valence-corrected chi connectivity index (χ4v) is 3.19. The van der Waals surface area contributed by atoms with E-state index in [1.165, 1.54) is 6.92 Å². The first kappa shape index (κ1) is 19.2. The Balaban J connectivity index is 2.75. The van der Waals surface area contributed by atoms with Crippen LogP contribution in [0.15, 0.2) is 17.7 Å². The summed E-state index contributed by atoms with van der Waals surface area (Å²) in [6, 6.07) is 1.89. The van der Waals surface area contributed by atoms with Gasteiger partial charge in [0.05, 0.1) is 19.6 Å². The fraction of sp³-hybridized carbons (Fsp3) is 0.471. The van der Waals surface area contributed by atoms with E-state index in [1.807, 2.05) is 0 Å². The number of hydrogen-bond donors (Lipinski definition) is 0. The van der Waals surface area contributed by atoms with Gasteiger partial charge < -0.3 is 9.47 Å². The van der Waals surface area contributed by atoms with Crippen LogP contribution in [0.5, 0.6) is 5.75 Å². The van der Waals surface area contributed by atoms with Gasteiger partial charge in [0.25, 0.3) is 0 Å². The Bertz CT molecular complexity index is 739. The Hall–Kier alpha value is -2.12. The van der Waals surface area contributed by atoms with Crippen LogP contribution in [0.1, 0.15) is 25.8 Å². The molecule has 0 N–H and O–H groups in total. The van der Waals surface area contributed by atoms with Crippen LogP contribution in [0.2, 0.25) is 0 Å². The maximum atomic E-state index is 14.0. The van der Waals surface area contributed by atoms with Gasteiger partial charge in [0, 0.05) is 11.1 Å². The molecule has 25 heavy (non-hydrogen) atoms. The summed E-state index contributed by atoms with van der Waals surface area (Å²) in [7, 11) is 2.12. The lowest BCUT2D eigenvalue weighted by Gasteiger charge is -2.33. The Morgan fingerprint density at radius 1 is 1.24 bits per heavy atom. The maximum absolute atomic E-state index is 14.0. The average Bonchev–Trinajstić information content (AvgIpc) is 2.82. The summed E-state index contributed by atoms with van der Waals surface area (Å²) >= 11 is 0. The zero-order chi connectivity index (χ0) is 19.2. The van der Waals surface area contributed by atoms with Crippen molar-refractivity contribution in [2.75, 3.05) is 14.2 Å². The number of halogens is 5. The first-order valence-corrected chi connectivity index (χ1v) is 7.40. The normalized spacial score (nSPS) is 23.8. The van der Waals surface area contributed by atoms with E-state index < -0.39 is 47.3 Å². The van der Waals surface area contributed by atoms with E-state index in [9.17, 15) is 26.7 Å². The second kappa shape index (κ2) is 6.31. The minimum atomic E-state index is -4.61. The molecule has 3 nitrogen and oxygen atoms in total. The van der Waals surface area contributed by atoms with E-state index >= 15 is 0 Å². The van der Waals surface area contributed by atoms with Crippen LogP contribution in [-0.4, -0.2) is 26.4 Å². The summed E-state index contributed by atoms with van der Waals surface area (Å²) in [6.07, 6.45) is -5.24. The van der Waals surface area contributed by atoms with Crippen molar-refractivity contribution in [1.82, 2.24) is 0 Å². The third kappa shape index (κ3) is 2.87. The second-order valence-electron chi connectivity index (χ2n) is 6.14. The summed E-state index contributed by atoms with van der Waals surface area (Å²) in [6.45, 7) is 2.28. The smallest absolute Gasteiger partial charge is 0.395 e. The van der Waals surface area contributed by atoms with Crippen molar-refractivity contribution in [2.24, 2.45) is 11.3 Å². The zero-order valence-corrected chi connectivity index (χ0v) is 14.1. The van der Waals surface area contributed by atoms with Crippen LogP contribution >= 0.6 is 0 Å². The molecule has 0 saturated carbocycles. The second-order valence-corrected chi connectivity index (χ2v) is 6.14. The van der Waals surface area contributed by atoms with Crippen molar-refractivity contribution in [3.63, 3.8) is 0 Å². The van der Waals surface area contributed by atoms with Gasteiger partial charge in [-0.3, -0.25) is 0 Å². The summed E-state index contributed by atoms with van der Waals surface area (Å²) in [5.74, 6) is -5.22. The number of alkyl halides is 3. The Morgan fingerprint density at radius 2 is 1.84 bits per heavy atom. The monoisotopic (exact) mass is 364 g/mol. The number of allylic oxidation sites excluding steroid dienone is 1. The molecule has 138 valence electrons. The third-order valence-corrected chi connectivity index (χ3v) is 4.88. The topological polar surface area (TPSA) is 35.5 Å². The molecule has 0 amide bonds. The van der Waals surface area contributed by atoms with E-state index in [2.05, 4.69) is 4.74 Å². The highest BCUT2D eigenvalue weighted by atomic mass is 19.4. The van der Waals surface area contributed by atoms with Crippen molar-refractivity contribution >= 4 is 11.5 Å². The van der Waals surface area contributed by atoms with E-state index in [-0.39, 0.29) is 16.7 Å². The van der Waals surface area contributed by atoms with Crippen LogP contribution in [0, 0.1) is 23.0 Å². The van der Waals surface area contributed by atoms with Gasteiger partial charge in [0.15, 0.2) is 11.6 Å². The van der Waals surface area contributed by atoms with Crippen molar-refractivity contribution in [3.05, 3.63) is 34.9 Å². The number of methoxy groups -OCH3 is 2. The van der Waals surface area contributed by atoms with E-state index in [4.69, 9.17) is 4.74 Å². The largest absolute Gasteiger partial charge is 0.493 e. The number of carbonyl (C=O) groups is 1. The van der Waals surface area contributed by atoms with Crippen LogP contribution < -0.4 is 4.74 Å². The lowest BCUT2D eigenvalue weighted by atomic mass is 9.76. The molecule has 0 fully saturated rings. The molecule has 1 aliphatic rings. The molecule has 0 bridgehead atoms. The summed E-state index contributed by atoms with van der Waals surface area (Å²) in [5.41, 5.74) is -2.62. The number of esters is 1. The maximum Gasteiger partial charge on any atom is 0.395 e. The Labute approximate surface area is 141 Å². The molecule has 0 saturated heterocycles. The van der Waals surface area contributed by atoms with E-state index in [0.29, 0.717) is 0 Å². The summed E-state index contributed by atoms with van der Waals surface area (Å²) in [4.78, 5) is 12.1. The van der Waals surface area contributed by atoms with Crippen molar-refractivity contribution < 1.29 is 36.2 Å². The standard InChI is InChI=1S/C17H17F5O3/c1-8-12(9-5-6-11(18)13(19)14(9)24-3)10(15(23)25-4)7-16(8,2)17(20,21)22/h5-6,8H,7H2,1-4H3.